The minimum atomic E-state index is -1.34. The normalized spacial score (nSPS) is 10.5. The van der Waals surface area contributed by atoms with Crippen molar-refractivity contribution in [3.8, 4) is 5.75 Å². The van der Waals surface area contributed by atoms with Crippen LogP contribution in [0.15, 0.2) is 12.1 Å². The molecule has 3 nitrogen and oxygen atoms in total. The van der Waals surface area contributed by atoms with Crippen LogP contribution in [0.5, 0.6) is 5.75 Å². The van der Waals surface area contributed by atoms with Gasteiger partial charge in [-0.15, -0.1) is 0 Å². The summed E-state index contributed by atoms with van der Waals surface area (Å²) in [6, 6.07) is 3.16. The molecule has 0 amide bonds. The van der Waals surface area contributed by atoms with E-state index in [1.807, 2.05) is 27.7 Å². The molecule has 0 bridgehead atoms. The largest absolute Gasteiger partial charge is 1.00 e. The Bertz CT molecular complexity index is 411. The molecule has 0 atom stereocenters. The Balaban J connectivity index is 0.00000256. The number of rotatable bonds is 3. The van der Waals surface area contributed by atoms with E-state index in [0.717, 1.165) is 5.56 Å². The number of carboxylic acid groups (broad SMARTS) is 1. The van der Waals surface area contributed by atoms with Crippen molar-refractivity contribution >= 4 is 5.97 Å². The van der Waals surface area contributed by atoms with E-state index in [2.05, 4.69) is 0 Å². The van der Waals surface area contributed by atoms with Crippen molar-refractivity contribution in [3.05, 3.63) is 28.8 Å². The van der Waals surface area contributed by atoms with Crippen molar-refractivity contribution in [3.63, 3.8) is 0 Å². The first-order chi connectivity index (χ1) is 7.36. The summed E-state index contributed by atoms with van der Waals surface area (Å²) in [5, 5.41) is 20.7. The number of phenols is 1. The molecule has 0 unspecified atom stereocenters. The Morgan fingerprint density at radius 3 is 2.06 bits per heavy atom. The first-order valence-corrected chi connectivity index (χ1v) is 5.43. The Morgan fingerprint density at radius 2 is 1.71 bits per heavy atom. The Hall–Kier alpha value is -0.510. The molecule has 0 spiro atoms. The van der Waals surface area contributed by atoms with Crippen molar-refractivity contribution in [1.29, 1.82) is 0 Å². The second-order valence-corrected chi connectivity index (χ2v) is 4.56. The third kappa shape index (κ3) is 3.47. The monoisotopic (exact) mass is 244 g/mol. The van der Waals surface area contributed by atoms with Gasteiger partial charge in [0.15, 0.2) is 0 Å². The van der Waals surface area contributed by atoms with Gasteiger partial charge in [-0.3, -0.25) is 0 Å². The topological polar surface area (TPSA) is 60.4 Å². The van der Waals surface area contributed by atoms with Gasteiger partial charge >= 0.3 is 29.6 Å². The average Bonchev–Trinajstić information content (AvgIpc) is 2.15. The van der Waals surface area contributed by atoms with Crippen LogP contribution >= 0.6 is 0 Å². The summed E-state index contributed by atoms with van der Waals surface area (Å²) in [5.74, 6) is -1.16. The molecule has 0 fully saturated rings. The Labute approximate surface area is 124 Å². The number of aromatic carboxylic acids is 1. The number of carbonyl (C=O) groups excluding carboxylic acids is 1. The van der Waals surface area contributed by atoms with E-state index in [-0.39, 0.29) is 52.7 Å². The minimum Gasteiger partial charge on any atom is -0.545 e. The SMILES string of the molecule is CC(C)c1ccc(C(=O)[O-])c(O)c1C(C)C.[Na+]. The predicted octanol–water partition coefficient (Wildman–Crippen LogP) is -0.993. The van der Waals surface area contributed by atoms with Gasteiger partial charge in [-0.1, -0.05) is 33.8 Å². The van der Waals surface area contributed by atoms with Gasteiger partial charge in [-0.05, 0) is 23.5 Å². The number of benzene rings is 1. The molecular weight excluding hydrogens is 227 g/mol. The molecule has 0 aliphatic heterocycles. The average molecular weight is 244 g/mol. The van der Waals surface area contributed by atoms with Gasteiger partial charge in [-0.2, -0.15) is 0 Å². The first kappa shape index (κ1) is 16.5. The fourth-order valence-electron chi connectivity index (χ4n) is 1.90. The fourth-order valence-corrected chi connectivity index (χ4v) is 1.90. The maximum atomic E-state index is 10.8. The van der Waals surface area contributed by atoms with E-state index in [1.165, 1.54) is 6.07 Å². The Kier molecular flexibility index (Phi) is 6.24. The molecule has 0 aliphatic carbocycles. The second kappa shape index (κ2) is 6.43. The van der Waals surface area contributed by atoms with Gasteiger partial charge < -0.3 is 15.0 Å². The van der Waals surface area contributed by atoms with Crippen LogP contribution in [0.25, 0.3) is 0 Å². The molecule has 0 aliphatic rings. The molecule has 1 aromatic carbocycles. The van der Waals surface area contributed by atoms with E-state index in [1.54, 1.807) is 6.07 Å². The summed E-state index contributed by atoms with van der Waals surface area (Å²) >= 11 is 0. The summed E-state index contributed by atoms with van der Waals surface area (Å²) in [4.78, 5) is 10.8. The van der Waals surface area contributed by atoms with Crippen molar-refractivity contribution in [2.24, 2.45) is 0 Å². The van der Waals surface area contributed by atoms with E-state index < -0.39 is 5.97 Å². The number of carbonyl (C=O) groups is 1. The molecule has 0 saturated heterocycles. The fraction of sp³-hybridized carbons (Fsp3) is 0.462. The predicted molar refractivity (Wildman–Crippen MR) is 60.6 cm³/mol. The number of carboxylic acids is 1. The minimum absolute atomic E-state index is 0. The van der Waals surface area contributed by atoms with Crippen LogP contribution in [0.3, 0.4) is 0 Å². The molecule has 1 aromatic rings. The van der Waals surface area contributed by atoms with Gasteiger partial charge in [0.1, 0.15) is 5.75 Å². The molecule has 0 radical (unpaired) electrons. The molecule has 0 saturated carbocycles. The van der Waals surface area contributed by atoms with Crippen LogP contribution < -0.4 is 34.7 Å². The summed E-state index contributed by atoms with van der Waals surface area (Å²) in [7, 11) is 0. The summed E-state index contributed by atoms with van der Waals surface area (Å²) < 4.78 is 0. The zero-order valence-corrected chi connectivity index (χ0v) is 13.1. The van der Waals surface area contributed by atoms with Crippen LogP contribution in [0.1, 0.15) is 61.0 Å². The number of hydrogen-bond donors (Lipinski definition) is 1. The zero-order chi connectivity index (χ0) is 12.5. The van der Waals surface area contributed by atoms with Gasteiger partial charge in [0, 0.05) is 11.1 Å². The zero-order valence-electron chi connectivity index (χ0n) is 11.1. The maximum absolute atomic E-state index is 10.8. The van der Waals surface area contributed by atoms with Crippen LogP contribution in [0.2, 0.25) is 0 Å². The van der Waals surface area contributed by atoms with Crippen LogP contribution in [-0.4, -0.2) is 11.1 Å². The van der Waals surface area contributed by atoms with Crippen molar-refractivity contribution < 1.29 is 44.6 Å². The standard InChI is InChI=1S/C13H18O3.Na/c1-7(2)9-5-6-10(13(15)16)12(14)11(9)8(3)4;/h5-8,14H,1-4H3,(H,15,16);/q;+1/p-1. The third-order valence-corrected chi connectivity index (χ3v) is 2.67. The van der Waals surface area contributed by atoms with Crippen LogP contribution in [-0.2, 0) is 0 Å². The van der Waals surface area contributed by atoms with Gasteiger partial charge in [-0.25, -0.2) is 0 Å². The Morgan fingerprint density at radius 1 is 1.18 bits per heavy atom. The molecule has 0 aromatic heterocycles. The van der Waals surface area contributed by atoms with Gasteiger partial charge in [0.25, 0.3) is 0 Å². The smallest absolute Gasteiger partial charge is 0.545 e. The molecular formula is C13H17NaO3. The maximum Gasteiger partial charge on any atom is 1.00 e. The number of hydrogen-bond acceptors (Lipinski definition) is 3. The summed E-state index contributed by atoms with van der Waals surface area (Å²) in [6.07, 6.45) is 0. The van der Waals surface area contributed by atoms with Crippen molar-refractivity contribution in [1.82, 2.24) is 0 Å². The summed E-state index contributed by atoms with van der Waals surface area (Å²) in [6.45, 7) is 7.89. The molecule has 88 valence electrons. The molecule has 17 heavy (non-hydrogen) atoms. The number of aromatic hydroxyl groups is 1. The third-order valence-electron chi connectivity index (χ3n) is 2.67. The second-order valence-electron chi connectivity index (χ2n) is 4.56. The van der Waals surface area contributed by atoms with E-state index in [4.69, 9.17) is 0 Å². The molecule has 1 N–H and O–H groups in total. The van der Waals surface area contributed by atoms with E-state index >= 15 is 0 Å². The molecule has 0 heterocycles. The first-order valence-electron chi connectivity index (χ1n) is 5.43. The molecule has 4 heteroatoms. The summed E-state index contributed by atoms with van der Waals surface area (Å²) in [5.41, 5.74) is 1.56. The van der Waals surface area contributed by atoms with Gasteiger partial charge in [0.2, 0.25) is 0 Å². The quantitative estimate of drug-likeness (QED) is 0.694. The van der Waals surface area contributed by atoms with Crippen LogP contribution in [0.4, 0.5) is 0 Å². The van der Waals surface area contributed by atoms with Crippen molar-refractivity contribution in [2.75, 3.05) is 0 Å². The van der Waals surface area contributed by atoms with Crippen molar-refractivity contribution in [2.45, 2.75) is 39.5 Å². The van der Waals surface area contributed by atoms with Crippen LogP contribution in [0, 0.1) is 0 Å². The van der Waals surface area contributed by atoms with E-state index in [9.17, 15) is 15.0 Å². The van der Waals surface area contributed by atoms with Gasteiger partial charge in [0.05, 0.1) is 5.97 Å². The van der Waals surface area contributed by atoms with E-state index in [0.29, 0.717) is 5.56 Å². The molecule has 1 rings (SSSR count).